The van der Waals surface area contributed by atoms with Crippen molar-refractivity contribution in [3.05, 3.63) is 70.5 Å². The monoisotopic (exact) mass is 377 g/mol. The lowest BCUT2D eigenvalue weighted by atomic mass is 10.0. The molecule has 0 aromatic heterocycles. The van der Waals surface area contributed by atoms with Crippen LogP contribution in [0.3, 0.4) is 0 Å². The third kappa shape index (κ3) is 5.04. The van der Waals surface area contributed by atoms with Crippen LogP contribution in [0.1, 0.15) is 43.0 Å². The Balaban J connectivity index is 1.51. The van der Waals surface area contributed by atoms with Crippen LogP contribution in [0.2, 0.25) is 5.02 Å². The number of nitrogens with zero attached hydrogens (tertiary/aromatic N) is 1. The Kier molecular flexibility index (Phi) is 6.65. The van der Waals surface area contributed by atoms with E-state index in [1.807, 2.05) is 43.3 Å². The molecular weight excluding hydrogens is 353 g/mol. The Labute approximate surface area is 159 Å². The van der Waals surface area contributed by atoms with Gasteiger partial charge in [-0.1, -0.05) is 35.9 Å². The summed E-state index contributed by atoms with van der Waals surface area (Å²) in [5, 5.41) is 11.1. The van der Waals surface area contributed by atoms with Gasteiger partial charge in [0.2, 0.25) is 0 Å². The maximum Gasteiger partial charge on any atom is 0.123 e. The van der Waals surface area contributed by atoms with Gasteiger partial charge in [-0.25, -0.2) is 4.39 Å². The Morgan fingerprint density at radius 2 is 1.88 bits per heavy atom. The van der Waals surface area contributed by atoms with Gasteiger partial charge in [-0.15, -0.1) is 0 Å². The molecule has 0 amide bonds. The Hall–Kier alpha value is -1.46. The minimum atomic E-state index is -0.564. The molecule has 2 aromatic carbocycles. The second kappa shape index (κ2) is 8.96. The van der Waals surface area contributed by atoms with Crippen LogP contribution in [0.25, 0.3) is 0 Å². The zero-order chi connectivity index (χ0) is 18.5. The quantitative estimate of drug-likeness (QED) is 0.755. The van der Waals surface area contributed by atoms with Crippen LogP contribution in [0.4, 0.5) is 4.39 Å². The number of β-amino-alcohol motifs (C(OH)–C–C–N with tert-alkyl or cyclic N) is 1. The second-order valence-electron chi connectivity index (χ2n) is 6.89. The van der Waals surface area contributed by atoms with Gasteiger partial charge in [0, 0.05) is 17.6 Å². The molecule has 140 valence electrons. The predicted molar refractivity (Wildman–Crippen MR) is 102 cm³/mol. The first-order chi connectivity index (χ1) is 12.5. The summed E-state index contributed by atoms with van der Waals surface area (Å²) >= 11 is 5.90. The van der Waals surface area contributed by atoms with Crippen molar-refractivity contribution in [2.45, 2.75) is 38.0 Å². The Morgan fingerprint density at radius 1 is 1.19 bits per heavy atom. The van der Waals surface area contributed by atoms with Gasteiger partial charge < -0.3 is 9.84 Å². The lowest BCUT2D eigenvalue weighted by Crippen LogP contribution is -2.34. The summed E-state index contributed by atoms with van der Waals surface area (Å²) in [6.45, 7) is 3.73. The number of benzene rings is 2. The number of ether oxygens (including phenoxy) is 1. The van der Waals surface area contributed by atoms with Crippen LogP contribution in [-0.4, -0.2) is 35.8 Å². The average molecular weight is 378 g/mol. The fraction of sp³-hybridized carbons (Fsp3) is 0.429. The van der Waals surface area contributed by atoms with Crippen LogP contribution in [0.5, 0.6) is 0 Å². The highest BCUT2D eigenvalue weighted by Gasteiger charge is 2.27. The van der Waals surface area contributed by atoms with Crippen LogP contribution >= 0.6 is 11.6 Å². The summed E-state index contributed by atoms with van der Waals surface area (Å²) in [6.07, 6.45) is 1.44. The lowest BCUT2D eigenvalue weighted by molar-refractivity contribution is -0.0172. The number of aliphatic hydroxyl groups is 1. The van der Waals surface area contributed by atoms with Gasteiger partial charge in [0.25, 0.3) is 0 Å². The molecule has 1 heterocycles. The van der Waals surface area contributed by atoms with Gasteiger partial charge >= 0.3 is 0 Å². The molecule has 1 fully saturated rings. The molecule has 3 rings (SSSR count). The molecule has 0 bridgehead atoms. The van der Waals surface area contributed by atoms with Gasteiger partial charge in [0.1, 0.15) is 5.82 Å². The van der Waals surface area contributed by atoms with Crippen molar-refractivity contribution in [1.82, 2.24) is 4.90 Å². The van der Waals surface area contributed by atoms with Crippen LogP contribution in [0, 0.1) is 5.82 Å². The molecule has 3 unspecified atom stereocenters. The van der Waals surface area contributed by atoms with E-state index in [1.54, 1.807) is 0 Å². The predicted octanol–water partition coefficient (Wildman–Crippen LogP) is 4.75. The van der Waals surface area contributed by atoms with E-state index in [9.17, 15) is 9.50 Å². The number of hydrogen-bond donors (Lipinski definition) is 1. The Morgan fingerprint density at radius 3 is 2.58 bits per heavy atom. The first kappa shape index (κ1) is 19.3. The maximum absolute atomic E-state index is 13.1. The van der Waals surface area contributed by atoms with Gasteiger partial charge in [-0.2, -0.15) is 0 Å². The smallest absolute Gasteiger partial charge is 0.123 e. The van der Waals surface area contributed by atoms with Crippen molar-refractivity contribution < 1.29 is 14.2 Å². The van der Waals surface area contributed by atoms with E-state index in [-0.39, 0.29) is 24.6 Å². The van der Waals surface area contributed by atoms with Crippen molar-refractivity contribution in [2.75, 3.05) is 19.7 Å². The van der Waals surface area contributed by atoms with Crippen LogP contribution in [0.15, 0.2) is 48.5 Å². The number of hydrogen-bond acceptors (Lipinski definition) is 3. The molecule has 1 aliphatic heterocycles. The molecule has 1 saturated heterocycles. The van der Waals surface area contributed by atoms with E-state index in [1.165, 1.54) is 12.1 Å². The SMILES string of the molecule is CC(OCC(O)CN1CCCC1c1ccc(F)cc1)c1ccc(Cl)cc1. The first-order valence-corrected chi connectivity index (χ1v) is 9.45. The van der Waals surface area contributed by atoms with Crippen molar-refractivity contribution >= 4 is 11.6 Å². The summed E-state index contributed by atoms with van der Waals surface area (Å²) in [7, 11) is 0. The van der Waals surface area contributed by atoms with E-state index in [0.29, 0.717) is 11.6 Å². The van der Waals surface area contributed by atoms with Crippen LogP contribution < -0.4 is 0 Å². The third-order valence-corrected chi connectivity index (χ3v) is 5.19. The lowest BCUT2D eigenvalue weighted by Gasteiger charge is -2.27. The fourth-order valence-electron chi connectivity index (χ4n) is 3.52. The highest BCUT2D eigenvalue weighted by Crippen LogP contribution is 2.32. The van der Waals surface area contributed by atoms with Crippen molar-refractivity contribution in [1.29, 1.82) is 0 Å². The number of likely N-dealkylation sites (tertiary alicyclic amines) is 1. The number of aliphatic hydroxyl groups excluding tert-OH is 1. The molecule has 3 atom stereocenters. The number of rotatable bonds is 7. The molecule has 3 nitrogen and oxygen atoms in total. The molecule has 0 aliphatic carbocycles. The maximum atomic E-state index is 13.1. The van der Waals surface area contributed by atoms with Gasteiger partial charge in [-0.3, -0.25) is 4.90 Å². The minimum absolute atomic E-state index is 0.103. The van der Waals surface area contributed by atoms with Crippen molar-refractivity contribution in [3.8, 4) is 0 Å². The first-order valence-electron chi connectivity index (χ1n) is 9.07. The van der Waals surface area contributed by atoms with E-state index in [4.69, 9.17) is 16.3 Å². The summed E-state index contributed by atoms with van der Waals surface area (Å²) in [5.41, 5.74) is 2.14. The van der Waals surface area contributed by atoms with E-state index >= 15 is 0 Å². The van der Waals surface area contributed by atoms with Gasteiger partial charge in [-0.05, 0) is 61.7 Å². The average Bonchev–Trinajstić information content (AvgIpc) is 3.09. The topological polar surface area (TPSA) is 32.7 Å². The molecule has 2 aromatic rings. The van der Waals surface area contributed by atoms with E-state index in [2.05, 4.69) is 4.90 Å². The van der Waals surface area contributed by atoms with E-state index in [0.717, 1.165) is 30.5 Å². The van der Waals surface area contributed by atoms with Crippen molar-refractivity contribution in [3.63, 3.8) is 0 Å². The normalized spacial score (nSPS) is 20.2. The molecule has 26 heavy (non-hydrogen) atoms. The summed E-state index contributed by atoms with van der Waals surface area (Å²) in [4.78, 5) is 2.26. The van der Waals surface area contributed by atoms with Gasteiger partial charge in [0.15, 0.2) is 0 Å². The van der Waals surface area contributed by atoms with Gasteiger partial charge in [0.05, 0.1) is 18.8 Å². The second-order valence-corrected chi connectivity index (χ2v) is 7.32. The highest BCUT2D eigenvalue weighted by atomic mass is 35.5. The zero-order valence-corrected chi connectivity index (χ0v) is 15.7. The van der Waals surface area contributed by atoms with E-state index < -0.39 is 6.10 Å². The van der Waals surface area contributed by atoms with Crippen LogP contribution in [-0.2, 0) is 4.74 Å². The number of halogens is 2. The third-order valence-electron chi connectivity index (χ3n) is 4.94. The Bertz CT molecular complexity index is 692. The molecule has 0 spiro atoms. The zero-order valence-electron chi connectivity index (χ0n) is 14.9. The molecule has 1 N–H and O–H groups in total. The van der Waals surface area contributed by atoms with Crippen molar-refractivity contribution in [2.24, 2.45) is 0 Å². The summed E-state index contributed by atoms with van der Waals surface area (Å²) < 4.78 is 19.0. The standard InChI is InChI=1S/C21H25ClFNO2/c1-15(16-4-8-18(22)9-5-16)26-14-20(25)13-24-12-2-3-21(24)17-6-10-19(23)11-7-17/h4-11,15,20-21,25H,2-3,12-14H2,1H3. The molecule has 5 heteroatoms. The fourth-order valence-corrected chi connectivity index (χ4v) is 3.64. The highest BCUT2D eigenvalue weighted by molar-refractivity contribution is 6.30. The summed E-state index contributed by atoms with van der Waals surface area (Å²) in [5.74, 6) is -0.220. The summed E-state index contributed by atoms with van der Waals surface area (Å²) in [6, 6.07) is 14.5. The largest absolute Gasteiger partial charge is 0.389 e. The molecular formula is C21H25ClFNO2. The molecule has 0 radical (unpaired) electrons. The molecule has 1 aliphatic rings. The molecule has 0 saturated carbocycles. The minimum Gasteiger partial charge on any atom is -0.389 e.